The summed E-state index contributed by atoms with van der Waals surface area (Å²) in [5, 5.41) is 17.2. The Morgan fingerprint density at radius 2 is 1.78 bits per heavy atom. The van der Waals surface area contributed by atoms with E-state index in [1.54, 1.807) is 45.0 Å². The fourth-order valence-corrected chi connectivity index (χ4v) is 2.95. The van der Waals surface area contributed by atoms with Crippen molar-refractivity contribution in [3.63, 3.8) is 0 Å². The van der Waals surface area contributed by atoms with E-state index >= 15 is 0 Å². The van der Waals surface area contributed by atoms with Gasteiger partial charge in [-0.15, -0.1) is 0 Å². The van der Waals surface area contributed by atoms with Gasteiger partial charge in [-0.3, -0.25) is 4.79 Å². The molecule has 0 aliphatic carbocycles. The third-order valence-corrected chi connectivity index (χ3v) is 4.58. The molecule has 36 heavy (non-hydrogen) atoms. The Kier molecular flexibility index (Phi) is 7.67. The summed E-state index contributed by atoms with van der Waals surface area (Å²) >= 11 is 0. The molecule has 0 aliphatic rings. The van der Waals surface area contributed by atoms with Gasteiger partial charge < -0.3 is 37.3 Å². The molecule has 3 rings (SSSR count). The zero-order chi connectivity index (χ0) is 26.5. The predicted molar refractivity (Wildman–Crippen MR) is 131 cm³/mol. The van der Waals surface area contributed by atoms with E-state index in [9.17, 15) is 19.5 Å². The highest BCUT2D eigenvalue weighted by molar-refractivity contribution is 5.95. The van der Waals surface area contributed by atoms with Crippen LogP contribution in [0.1, 0.15) is 36.8 Å². The molecular formula is C22H27N9O5. The Bertz CT molecular complexity index is 1280. The Morgan fingerprint density at radius 1 is 1.08 bits per heavy atom. The maximum Gasteiger partial charge on any atom is 0.408 e. The molecule has 2 aromatic heterocycles. The summed E-state index contributed by atoms with van der Waals surface area (Å²) in [6, 6.07) is 5.12. The van der Waals surface area contributed by atoms with Gasteiger partial charge in [-0.05, 0) is 45.0 Å². The monoisotopic (exact) mass is 497 g/mol. The minimum absolute atomic E-state index is 0.0158. The van der Waals surface area contributed by atoms with E-state index in [0.717, 1.165) is 0 Å². The Balaban J connectivity index is 1.55. The van der Waals surface area contributed by atoms with E-state index < -0.39 is 29.6 Å². The van der Waals surface area contributed by atoms with Gasteiger partial charge in [-0.2, -0.15) is 9.97 Å². The number of nitrogens with zero attached hydrogens (tertiary/aromatic N) is 4. The molecule has 8 N–H and O–H groups in total. The van der Waals surface area contributed by atoms with Crippen LogP contribution >= 0.6 is 0 Å². The maximum absolute atomic E-state index is 12.4. The number of rotatable bonds is 8. The average Bonchev–Trinajstić information content (AvgIpc) is 2.79. The number of carbonyl (C=O) groups excluding carboxylic acids is 2. The Labute approximate surface area is 205 Å². The van der Waals surface area contributed by atoms with Crippen LogP contribution in [0.5, 0.6) is 0 Å². The molecule has 2 heterocycles. The fourth-order valence-electron chi connectivity index (χ4n) is 2.95. The first-order valence-corrected chi connectivity index (χ1v) is 10.8. The van der Waals surface area contributed by atoms with Crippen LogP contribution in [-0.4, -0.2) is 61.2 Å². The van der Waals surface area contributed by atoms with Crippen molar-refractivity contribution in [2.24, 2.45) is 0 Å². The lowest BCUT2D eigenvalue weighted by atomic mass is 10.2. The van der Waals surface area contributed by atoms with Crippen LogP contribution in [0, 0.1) is 0 Å². The molecule has 0 saturated heterocycles. The summed E-state index contributed by atoms with van der Waals surface area (Å²) in [7, 11) is 0. The van der Waals surface area contributed by atoms with E-state index in [2.05, 4.69) is 35.9 Å². The van der Waals surface area contributed by atoms with Gasteiger partial charge in [-0.1, -0.05) is 0 Å². The summed E-state index contributed by atoms with van der Waals surface area (Å²) < 4.78 is 5.05. The number of alkyl carbamates (subject to hydrolysis) is 1. The minimum Gasteiger partial charge on any atom is -0.480 e. The van der Waals surface area contributed by atoms with Crippen molar-refractivity contribution in [1.82, 2.24) is 30.6 Å². The third kappa shape index (κ3) is 7.12. The number of carboxylic acid groups (broad SMARTS) is 1. The molecule has 3 aromatic rings. The normalized spacial score (nSPS) is 12.0. The molecule has 0 saturated carbocycles. The fraction of sp³-hybridized carbons (Fsp3) is 0.318. The number of aromatic nitrogens is 4. The molecule has 14 nitrogen and oxygen atoms in total. The van der Waals surface area contributed by atoms with Crippen LogP contribution in [0.15, 0.2) is 30.5 Å². The second-order valence-electron chi connectivity index (χ2n) is 8.68. The van der Waals surface area contributed by atoms with Crippen LogP contribution in [-0.2, 0) is 16.1 Å². The molecule has 0 spiro atoms. The number of ether oxygens (including phenoxy) is 1. The van der Waals surface area contributed by atoms with Crippen LogP contribution < -0.4 is 27.4 Å². The molecule has 2 amide bonds. The minimum atomic E-state index is -1.36. The zero-order valence-electron chi connectivity index (χ0n) is 19.9. The molecule has 1 unspecified atom stereocenters. The number of hydrogen-bond acceptors (Lipinski definition) is 11. The SMILES string of the molecule is CC(C)(C)OC(=O)NC(CNC(=O)c1ccc(NCc2cnc3nc(N)nc(N)c3n2)cc1)C(=O)O. The van der Waals surface area contributed by atoms with Gasteiger partial charge in [0.2, 0.25) is 5.95 Å². The van der Waals surface area contributed by atoms with E-state index in [0.29, 0.717) is 34.7 Å². The second-order valence-corrected chi connectivity index (χ2v) is 8.68. The van der Waals surface area contributed by atoms with Gasteiger partial charge in [0.15, 0.2) is 17.0 Å². The number of amides is 2. The van der Waals surface area contributed by atoms with Crippen LogP contribution in [0.4, 0.5) is 22.2 Å². The van der Waals surface area contributed by atoms with Crippen molar-refractivity contribution in [3.8, 4) is 0 Å². The number of carbonyl (C=O) groups is 3. The van der Waals surface area contributed by atoms with Gasteiger partial charge in [-0.25, -0.2) is 19.6 Å². The number of aliphatic carboxylic acids is 1. The van der Waals surface area contributed by atoms with Crippen molar-refractivity contribution in [2.45, 2.75) is 39.0 Å². The molecule has 190 valence electrons. The standard InChI is InChI=1S/C22H27N9O5/c1-22(2,3)36-21(35)29-14(19(33)34)10-27-18(32)11-4-6-12(7-5-11)25-8-13-9-26-17-15(28-13)16(23)30-20(24)31-17/h4-7,9,14,25H,8,10H2,1-3H3,(H,27,32)(H,29,35)(H,33,34)(H4,23,24,26,30,31). The number of anilines is 3. The van der Waals surface area contributed by atoms with Crippen LogP contribution in [0.3, 0.4) is 0 Å². The number of nitrogens with two attached hydrogens (primary N) is 2. The lowest BCUT2D eigenvalue weighted by Gasteiger charge is -2.22. The van der Waals surface area contributed by atoms with Gasteiger partial charge in [0, 0.05) is 17.8 Å². The molecule has 0 radical (unpaired) electrons. The van der Waals surface area contributed by atoms with Crippen molar-refractivity contribution in [2.75, 3.05) is 23.3 Å². The lowest BCUT2D eigenvalue weighted by Crippen LogP contribution is -2.49. The second kappa shape index (κ2) is 10.7. The van der Waals surface area contributed by atoms with E-state index in [-0.39, 0.29) is 18.3 Å². The predicted octanol–water partition coefficient (Wildman–Crippen LogP) is 0.904. The maximum atomic E-state index is 12.4. The van der Waals surface area contributed by atoms with E-state index in [4.69, 9.17) is 16.2 Å². The highest BCUT2D eigenvalue weighted by Crippen LogP contribution is 2.16. The highest BCUT2D eigenvalue weighted by Gasteiger charge is 2.24. The van der Waals surface area contributed by atoms with Crippen molar-refractivity contribution >= 4 is 46.6 Å². The van der Waals surface area contributed by atoms with Gasteiger partial charge in [0.1, 0.15) is 11.6 Å². The van der Waals surface area contributed by atoms with Crippen molar-refractivity contribution in [1.29, 1.82) is 0 Å². The smallest absolute Gasteiger partial charge is 0.408 e. The van der Waals surface area contributed by atoms with Crippen molar-refractivity contribution < 1.29 is 24.2 Å². The van der Waals surface area contributed by atoms with E-state index in [1.807, 2.05) is 0 Å². The first-order valence-electron chi connectivity index (χ1n) is 10.8. The summed E-state index contributed by atoms with van der Waals surface area (Å²) in [6.07, 6.45) is 0.641. The summed E-state index contributed by atoms with van der Waals surface area (Å²) in [5.74, 6) is -1.67. The molecule has 0 aliphatic heterocycles. The zero-order valence-corrected chi connectivity index (χ0v) is 19.9. The molecule has 1 aromatic carbocycles. The molecular weight excluding hydrogens is 470 g/mol. The van der Waals surface area contributed by atoms with Gasteiger partial charge in [0.25, 0.3) is 5.91 Å². The molecule has 14 heteroatoms. The topological polar surface area (TPSA) is 220 Å². The van der Waals surface area contributed by atoms with Gasteiger partial charge >= 0.3 is 12.1 Å². The number of nitrogens with one attached hydrogen (secondary N) is 3. The Hall–Kier alpha value is -4.75. The van der Waals surface area contributed by atoms with Gasteiger partial charge in [0.05, 0.1) is 18.4 Å². The number of nitrogen functional groups attached to an aromatic ring is 2. The average molecular weight is 498 g/mol. The third-order valence-electron chi connectivity index (χ3n) is 4.58. The summed E-state index contributed by atoms with van der Waals surface area (Å²) in [6.45, 7) is 4.94. The highest BCUT2D eigenvalue weighted by atomic mass is 16.6. The largest absolute Gasteiger partial charge is 0.480 e. The number of benzene rings is 1. The first kappa shape index (κ1) is 25.9. The van der Waals surface area contributed by atoms with Crippen molar-refractivity contribution in [3.05, 3.63) is 41.7 Å². The first-order chi connectivity index (χ1) is 16.9. The molecule has 0 fully saturated rings. The summed E-state index contributed by atoms with van der Waals surface area (Å²) in [4.78, 5) is 52.1. The van der Waals surface area contributed by atoms with E-state index in [1.165, 1.54) is 6.20 Å². The summed E-state index contributed by atoms with van der Waals surface area (Å²) in [5.41, 5.74) is 12.8. The number of fused-ring (bicyclic) bond motifs is 1. The molecule has 0 bridgehead atoms. The number of carboxylic acids is 1. The number of hydrogen-bond donors (Lipinski definition) is 6. The van der Waals surface area contributed by atoms with Crippen LogP contribution in [0.2, 0.25) is 0 Å². The quantitative estimate of drug-likeness (QED) is 0.255. The Morgan fingerprint density at radius 3 is 2.42 bits per heavy atom. The van der Waals surface area contributed by atoms with Crippen LogP contribution in [0.25, 0.3) is 11.2 Å². The molecule has 1 atom stereocenters. The lowest BCUT2D eigenvalue weighted by molar-refractivity contribution is -0.139.